The van der Waals surface area contributed by atoms with Crippen molar-refractivity contribution in [3.63, 3.8) is 0 Å². The summed E-state index contributed by atoms with van der Waals surface area (Å²) in [6, 6.07) is 30.9. The molecule has 0 N–H and O–H groups in total. The van der Waals surface area contributed by atoms with Gasteiger partial charge in [0.05, 0.1) is 39.0 Å². The molecule has 2 fully saturated rings. The van der Waals surface area contributed by atoms with Gasteiger partial charge in [-0.05, 0) is 17.2 Å². The second-order valence-electron chi connectivity index (χ2n) is 8.91. The van der Waals surface area contributed by atoms with E-state index in [1.165, 1.54) is 18.7 Å². The van der Waals surface area contributed by atoms with Gasteiger partial charge in [-0.1, -0.05) is 91.0 Å². The monoisotopic (exact) mass is 441 g/mol. The standard InChI is InChI=1S/C27H28BNO4/c1-31-27(30)17-18-28-29(19-22-11-5-2-6-12-22,20-25(32-28)23-13-7-3-8-14-23)21-26(33-28)24-15-9-4-10-16-24/h2-18,25-26H,19-21H2,1H3/b18-17+/t25-,26-,28?,29?/m0/s1. The third-order valence-electron chi connectivity index (χ3n) is 6.90. The number of fused-ring (bicyclic) bond motifs is 1. The molecule has 6 heteroatoms. The molecule has 0 aliphatic carbocycles. The molecule has 168 valence electrons. The molecule has 3 aromatic rings. The van der Waals surface area contributed by atoms with Crippen LogP contribution in [0.2, 0.25) is 0 Å². The minimum absolute atomic E-state index is 0.131. The van der Waals surface area contributed by atoms with Crippen molar-refractivity contribution in [3.05, 3.63) is 120 Å². The molecule has 0 bridgehead atoms. The van der Waals surface area contributed by atoms with Gasteiger partial charge in [-0.15, -0.1) is 5.98 Å². The minimum atomic E-state index is -1.98. The van der Waals surface area contributed by atoms with Crippen molar-refractivity contribution in [3.8, 4) is 0 Å². The van der Waals surface area contributed by atoms with Gasteiger partial charge in [0.15, 0.2) is 0 Å². The SMILES string of the molecule is COC(=O)/C=C/[B-]12O[C@H](c3ccccc3)C[N+]1(Cc1ccccc1)C[C@@H](c1ccccc1)O2. The van der Waals surface area contributed by atoms with Gasteiger partial charge in [0.2, 0.25) is 0 Å². The lowest BCUT2D eigenvalue weighted by Gasteiger charge is -2.45. The van der Waals surface area contributed by atoms with E-state index in [1.807, 2.05) is 48.4 Å². The number of hydrogen-bond donors (Lipinski definition) is 0. The molecular weight excluding hydrogens is 413 g/mol. The zero-order valence-corrected chi connectivity index (χ0v) is 18.7. The summed E-state index contributed by atoms with van der Waals surface area (Å²) in [5.74, 6) is 1.41. The summed E-state index contributed by atoms with van der Waals surface area (Å²) in [5.41, 5.74) is 3.44. The Kier molecular flexibility index (Phi) is 5.89. The number of benzene rings is 3. The van der Waals surface area contributed by atoms with E-state index in [0.29, 0.717) is 4.39 Å². The highest BCUT2D eigenvalue weighted by Gasteiger charge is 2.62. The number of hydrogen-bond acceptors (Lipinski definition) is 4. The lowest BCUT2D eigenvalue weighted by Crippen LogP contribution is -2.61. The smallest absolute Gasteiger partial charge is 0.497 e. The highest BCUT2D eigenvalue weighted by molar-refractivity contribution is 6.66. The summed E-state index contributed by atoms with van der Waals surface area (Å²) in [5, 5.41) is 0. The Morgan fingerprint density at radius 3 is 1.85 bits per heavy atom. The number of carbonyl (C=O) groups is 1. The van der Waals surface area contributed by atoms with Crippen LogP contribution >= 0.6 is 0 Å². The fraction of sp³-hybridized carbons (Fsp3) is 0.222. The van der Waals surface area contributed by atoms with Crippen LogP contribution in [0.4, 0.5) is 0 Å². The van der Waals surface area contributed by atoms with Gasteiger partial charge in [0.1, 0.15) is 0 Å². The average molecular weight is 441 g/mol. The number of methoxy groups -OCH3 is 1. The lowest BCUT2D eigenvalue weighted by molar-refractivity contribution is -0.837. The summed E-state index contributed by atoms with van der Waals surface area (Å²) in [6.07, 6.45) is 1.20. The first-order valence-corrected chi connectivity index (χ1v) is 11.4. The molecule has 33 heavy (non-hydrogen) atoms. The van der Waals surface area contributed by atoms with Gasteiger partial charge in [-0.3, -0.25) is 0 Å². The number of carbonyl (C=O) groups excluding carboxylic acids is 1. The molecule has 2 aliphatic rings. The van der Waals surface area contributed by atoms with Crippen LogP contribution in [0, 0.1) is 0 Å². The first-order valence-electron chi connectivity index (χ1n) is 11.4. The molecule has 5 rings (SSSR count). The lowest BCUT2D eigenvalue weighted by atomic mass is 9.67. The molecular formula is C27H28BNO4. The van der Waals surface area contributed by atoms with Crippen molar-refractivity contribution in [1.29, 1.82) is 0 Å². The molecule has 0 amide bonds. The van der Waals surface area contributed by atoms with E-state index >= 15 is 0 Å². The molecule has 5 nitrogen and oxygen atoms in total. The Bertz CT molecular complexity index is 1070. The Morgan fingerprint density at radius 2 is 1.36 bits per heavy atom. The van der Waals surface area contributed by atoms with Crippen LogP contribution in [-0.2, 0) is 25.4 Å². The Labute approximate surface area is 194 Å². The molecule has 0 radical (unpaired) electrons. The van der Waals surface area contributed by atoms with E-state index in [-0.39, 0.29) is 12.2 Å². The van der Waals surface area contributed by atoms with Gasteiger partial charge >= 0.3 is 12.7 Å². The first kappa shape index (κ1) is 21.6. The van der Waals surface area contributed by atoms with Crippen LogP contribution in [0.1, 0.15) is 28.9 Å². The zero-order chi connectivity index (χ0) is 22.7. The van der Waals surface area contributed by atoms with Crippen LogP contribution in [0.15, 0.2) is 103 Å². The molecule has 2 aliphatic heterocycles. The summed E-state index contributed by atoms with van der Waals surface area (Å²) in [4.78, 5) is 12.1. The van der Waals surface area contributed by atoms with Crippen LogP contribution in [0.25, 0.3) is 0 Å². The highest BCUT2D eigenvalue weighted by atomic mass is 16.7. The molecule has 0 spiro atoms. The minimum Gasteiger partial charge on any atom is -0.500 e. The fourth-order valence-electron chi connectivity index (χ4n) is 5.32. The fourth-order valence-corrected chi connectivity index (χ4v) is 5.32. The van der Waals surface area contributed by atoms with E-state index < -0.39 is 12.7 Å². The maximum absolute atomic E-state index is 12.1. The quantitative estimate of drug-likeness (QED) is 0.315. The van der Waals surface area contributed by atoms with Gasteiger partial charge in [-0.25, -0.2) is 4.79 Å². The van der Waals surface area contributed by atoms with Crippen LogP contribution < -0.4 is 0 Å². The number of quaternary nitrogens is 1. The average Bonchev–Trinajstić information content (AvgIpc) is 3.33. The summed E-state index contributed by atoms with van der Waals surface area (Å²) in [6.45, 7) is 0.285. The largest absolute Gasteiger partial charge is 0.500 e. The number of esters is 1. The van der Waals surface area contributed by atoms with Crippen molar-refractivity contribution in [2.75, 3.05) is 20.2 Å². The van der Waals surface area contributed by atoms with Crippen molar-refractivity contribution in [2.24, 2.45) is 0 Å². The van der Waals surface area contributed by atoms with E-state index in [2.05, 4.69) is 48.5 Å². The molecule has 2 heterocycles. The molecule has 0 saturated carbocycles. The maximum Gasteiger partial charge on any atom is 0.497 e. The Morgan fingerprint density at radius 1 is 0.879 bits per heavy atom. The second-order valence-corrected chi connectivity index (χ2v) is 8.91. The number of rotatable bonds is 6. The van der Waals surface area contributed by atoms with E-state index in [1.54, 1.807) is 0 Å². The van der Waals surface area contributed by atoms with Crippen LogP contribution in [0.5, 0.6) is 0 Å². The third kappa shape index (κ3) is 4.13. The number of nitrogens with zero attached hydrogens (tertiary/aromatic N) is 1. The summed E-state index contributed by atoms with van der Waals surface area (Å²) < 4.78 is 19.1. The van der Waals surface area contributed by atoms with Crippen molar-refractivity contribution < 1.29 is 23.2 Å². The predicted octanol–water partition coefficient (Wildman–Crippen LogP) is 4.75. The highest BCUT2D eigenvalue weighted by Crippen LogP contribution is 2.50. The molecule has 2 saturated heterocycles. The van der Waals surface area contributed by atoms with Gasteiger partial charge < -0.3 is 18.4 Å². The second kappa shape index (κ2) is 8.98. The van der Waals surface area contributed by atoms with Crippen molar-refractivity contribution in [2.45, 2.75) is 18.8 Å². The van der Waals surface area contributed by atoms with Crippen molar-refractivity contribution in [1.82, 2.24) is 0 Å². The Hall–Kier alpha value is -3.19. The Balaban J connectivity index is 1.59. The predicted molar refractivity (Wildman–Crippen MR) is 128 cm³/mol. The zero-order valence-electron chi connectivity index (χ0n) is 18.7. The van der Waals surface area contributed by atoms with Gasteiger partial charge in [0, 0.05) is 5.56 Å². The van der Waals surface area contributed by atoms with Gasteiger partial charge in [0.25, 0.3) is 0 Å². The first-order chi connectivity index (χ1) is 16.1. The molecule has 0 unspecified atom stereocenters. The third-order valence-corrected chi connectivity index (χ3v) is 6.90. The van der Waals surface area contributed by atoms with E-state index in [0.717, 1.165) is 30.8 Å². The molecule has 2 atom stereocenters. The van der Waals surface area contributed by atoms with Crippen molar-refractivity contribution >= 4 is 12.7 Å². The maximum atomic E-state index is 12.1. The number of ether oxygens (including phenoxy) is 1. The van der Waals surface area contributed by atoms with Crippen LogP contribution in [-0.4, -0.2) is 37.2 Å². The van der Waals surface area contributed by atoms with Crippen LogP contribution in [0.3, 0.4) is 0 Å². The topological polar surface area (TPSA) is 44.8 Å². The van der Waals surface area contributed by atoms with E-state index in [9.17, 15) is 4.79 Å². The molecule has 0 aromatic heterocycles. The van der Waals surface area contributed by atoms with Gasteiger partial charge in [-0.2, -0.15) is 0 Å². The summed E-state index contributed by atoms with van der Waals surface area (Å²) in [7, 11) is 1.38. The summed E-state index contributed by atoms with van der Waals surface area (Å²) >= 11 is 0. The normalized spacial score (nSPS) is 28.6. The van der Waals surface area contributed by atoms with E-state index in [4.69, 9.17) is 14.0 Å². The molecule has 3 aromatic carbocycles.